The second-order valence-corrected chi connectivity index (χ2v) is 6.22. The molecule has 4 heteroatoms. The summed E-state index contributed by atoms with van der Waals surface area (Å²) in [6.45, 7) is 0. The normalized spacial score (nSPS) is 31.5. The van der Waals surface area contributed by atoms with Crippen LogP contribution in [-0.2, 0) is 11.2 Å². The quantitative estimate of drug-likeness (QED) is 0.767. The van der Waals surface area contributed by atoms with Crippen LogP contribution in [0.2, 0.25) is 0 Å². The molecule has 20 heavy (non-hydrogen) atoms. The van der Waals surface area contributed by atoms with Gasteiger partial charge in [0.1, 0.15) is 0 Å². The molecule has 4 rings (SSSR count). The molecule has 0 aromatic carbocycles. The first-order chi connectivity index (χ1) is 9.74. The number of aromatic amines is 1. The van der Waals surface area contributed by atoms with Gasteiger partial charge in [-0.05, 0) is 49.7 Å². The van der Waals surface area contributed by atoms with E-state index in [9.17, 15) is 4.79 Å². The molecule has 0 saturated heterocycles. The second-order valence-electron chi connectivity index (χ2n) is 6.22. The van der Waals surface area contributed by atoms with Crippen molar-refractivity contribution in [3.8, 4) is 0 Å². The van der Waals surface area contributed by atoms with Crippen molar-refractivity contribution in [3.63, 3.8) is 0 Å². The monoisotopic (exact) mass is 269 g/mol. The lowest BCUT2D eigenvalue weighted by atomic mass is 9.63. The van der Waals surface area contributed by atoms with Crippen molar-refractivity contribution in [2.75, 3.05) is 0 Å². The fraction of sp³-hybridized carbons (Fsp3) is 0.500. The number of hydrogen-bond acceptors (Lipinski definition) is 2. The molecule has 1 heterocycles. The molecule has 3 aliphatic carbocycles. The van der Waals surface area contributed by atoms with E-state index >= 15 is 0 Å². The van der Waals surface area contributed by atoms with Crippen LogP contribution in [0.15, 0.2) is 23.4 Å². The van der Waals surface area contributed by atoms with Gasteiger partial charge in [-0.15, -0.1) is 0 Å². The molecule has 3 unspecified atom stereocenters. The van der Waals surface area contributed by atoms with Gasteiger partial charge in [-0.1, -0.05) is 17.2 Å². The number of allylic oxidation sites excluding steroid dienone is 3. The van der Waals surface area contributed by atoms with Crippen molar-refractivity contribution < 1.29 is 4.79 Å². The molecule has 1 saturated carbocycles. The van der Waals surface area contributed by atoms with E-state index in [-0.39, 0.29) is 11.8 Å². The van der Waals surface area contributed by atoms with Crippen LogP contribution < -0.4 is 5.73 Å². The van der Waals surface area contributed by atoms with Gasteiger partial charge in [-0.2, -0.15) is 5.10 Å². The average Bonchev–Trinajstić information content (AvgIpc) is 2.91. The van der Waals surface area contributed by atoms with Gasteiger partial charge in [0.15, 0.2) is 0 Å². The molecule has 1 fully saturated rings. The van der Waals surface area contributed by atoms with E-state index < -0.39 is 0 Å². The summed E-state index contributed by atoms with van der Waals surface area (Å²) in [5.41, 5.74) is 11.0. The third-order valence-electron chi connectivity index (χ3n) is 5.24. The molecule has 3 aliphatic rings. The summed E-state index contributed by atoms with van der Waals surface area (Å²) in [6.07, 6.45) is 11.6. The fourth-order valence-electron chi connectivity index (χ4n) is 4.27. The zero-order valence-corrected chi connectivity index (χ0v) is 11.4. The van der Waals surface area contributed by atoms with E-state index in [2.05, 4.69) is 22.3 Å². The highest BCUT2D eigenvalue weighted by molar-refractivity contribution is 5.78. The number of hydrogen-bond donors (Lipinski definition) is 2. The molecule has 3 atom stereocenters. The lowest BCUT2D eigenvalue weighted by molar-refractivity contribution is -0.123. The van der Waals surface area contributed by atoms with Crippen molar-refractivity contribution >= 4 is 12.0 Å². The smallest absolute Gasteiger partial charge is 0.221 e. The zero-order valence-electron chi connectivity index (χ0n) is 11.4. The first kappa shape index (κ1) is 11.9. The number of rotatable bonds is 1. The van der Waals surface area contributed by atoms with E-state index in [1.54, 1.807) is 0 Å². The predicted molar refractivity (Wildman–Crippen MR) is 76.5 cm³/mol. The molecule has 1 aromatic heterocycles. The van der Waals surface area contributed by atoms with Crippen LogP contribution in [-0.4, -0.2) is 16.1 Å². The van der Waals surface area contributed by atoms with Gasteiger partial charge in [0.05, 0.1) is 11.9 Å². The summed E-state index contributed by atoms with van der Waals surface area (Å²) in [6, 6.07) is 0. The highest BCUT2D eigenvalue weighted by atomic mass is 16.1. The van der Waals surface area contributed by atoms with E-state index in [1.807, 2.05) is 6.20 Å². The fourth-order valence-corrected chi connectivity index (χ4v) is 4.27. The maximum absolute atomic E-state index is 11.7. The lowest BCUT2D eigenvalue weighted by Gasteiger charge is -2.41. The number of fused-ring (bicyclic) bond motifs is 4. The van der Waals surface area contributed by atoms with Crippen LogP contribution in [0.3, 0.4) is 0 Å². The van der Waals surface area contributed by atoms with Crippen molar-refractivity contribution in [2.24, 2.45) is 23.5 Å². The van der Waals surface area contributed by atoms with Gasteiger partial charge in [0.2, 0.25) is 5.91 Å². The molecule has 4 nitrogen and oxygen atoms in total. The Bertz CT molecular complexity index is 625. The number of amides is 1. The van der Waals surface area contributed by atoms with Crippen LogP contribution in [0, 0.1) is 17.8 Å². The van der Waals surface area contributed by atoms with Crippen LogP contribution in [0.5, 0.6) is 0 Å². The lowest BCUT2D eigenvalue weighted by Crippen LogP contribution is -2.38. The predicted octanol–water partition coefficient (Wildman–Crippen LogP) is 2.20. The Hall–Kier alpha value is -1.84. The Morgan fingerprint density at radius 3 is 3.15 bits per heavy atom. The standard InChI is InChI=1S/C16H19N3O/c17-16(20)13-3-1-2-11-12(13)5-4-9-7-15-10(6-14(9)11)8-18-19-15/h2,7-8,12-14H,1,3-6H2,(H2,17,20)(H,18,19). The van der Waals surface area contributed by atoms with Crippen LogP contribution in [0.25, 0.3) is 6.08 Å². The Labute approximate surface area is 118 Å². The van der Waals surface area contributed by atoms with Crippen LogP contribution in [0.1, 0.15) is 36.9 Å². The zero-order chi connectivity index (χ0) is 13.7. The highest BCUT2D eigenvalue weighted by Gasteiger charge is 2.40. The van der Waals surface area contributed by atoms with E-state index in [4.69, 9.17) is 5.73 Å². The number of primary amides is 1. The SMILES string of the molecule is NC(=O)C1CCC=C2C3Cc4cn[nH]c4C=C3CCC21. The van der Waals surface area contributed by atoms with Gasteiger partial charge in [-0.25, -0.2) is 0 Å². The maximum atomic E-state index is 11.7. The average molecular weight is 269 g/mol. The summed E-state index contributed by atoms with van der Waals surface area (Å²) in [7, 11) is 0. The maximum Gasteiger partial charge on any atom is 0.221 e. The summed E-state index contributed by atoms with van der Waals surface area (Å²) in [5.74, 6) is 0.771. The molecular formula is C16H19N3O. The van der Waals surface area contributed by atoms with E-state index in [0.29, 0.717) is 11.8 Å². The van der Waals surface area contributed by atoms with Gasteiger partial charge in [-0.3, -0.25) is 9.89 Å². The number of carbonyl (C=O) groups is 1. The third-order valence-corrected chi connectivity index (χ3v) is 5.24. The number of nitrogens with two attached hydrogens (primary N) is 1. The summed E-state index contributed by atoms with van der Waals surface area (Å²) < 4.78 is 0. The van der Waals surface area contributed by atoms with Crippen molar-refractivity contribution in [1.82, 2.24) is 10.2 Å². The Morgan fingerprint density at radius 2 is 2.30 bits per heavy atom. The van der Waals surface area contributed by atoms with Gasteiger partial charge in [0.25, 0.3) is 0 Å². The van der Waals surface area contributed by atoms with Crippen molar-refractivity contribution in [1.29, 1.82) is 0 Å². The molecule has 0 radical (unpaired) electrons. The number of H-pyrrole nitrogens is 1. The minimum atomic E-state index is -0.118. The number of nitrogens with zero attached hydrogens (tertiary/aromatic N) is 1. The molecule has 1 amide bonds. The number of carbonyl (C=O) groups excluding carboxylic acids is 1. The van der Waals surface area contributed by atoms with Crippen molar-refractivity contribution in [3.05, 3.63) is 34.7 Å². The summed E-state index contributed by atoms with van der Waals surface area (Å²) in [4.78, 5) is 11.7. The molecule has 0 spiro atoms. The molecule has 104 valence electrons. The first-order valence-corrected chi connectivity index (χ1v) is 7.46. The van der Waals surface area contributed by atoms with Crippen LogP contribution in [0.4, 0.5) is 0 Å². The van der Waals surface area contributed by atoms with Crippen LogP contribution >= 0.6 is 0 Å². The Balaban J connectivity index is 1.71. The second kappa shape index (κ2) is 4.33. The van der Waals surface area contributed by atoms with E-state index in [1.165, 1.54) is 16.7 Å². The minimum Gasteiger partial charge on any atom is -0.369 e. The van der Waals surface area contributed by atoms with Gasteiger partial charge >= 0.3 is 0 Å². The van der Waals surface area contributed by atoms with Crippen molar-refractivity contribution in [2.45, 2.75) is 32.1 Å². The third kappa shape index (κ3) is 1.67. The molecule has 0 bridgehead atoms. The molecular weight excluding hydrogens is 250 g/mol. The summed E-state index contributed by atoms with van der Waals surface area (Å²) in [5, 5.41) is 7.22. The van der Waals surface area contributed by atoms with Gasteiger partial charge < -0.3 is 5.73 Å². The summed E-state index contributed by atoms with van der Waals surface area (Å²) >= 11 is 0. The Morgan fingerprint density at radius 1 is 1.40 bits per heavy atom. The van der Waals surface area contributed by atoms with E-state index in [0.717, 1.165) is 37.8 Å². The molecule has 0 aliphatic heterocycles. The van der Waals surface area contributed by atoms with Gasteiger partial charge in [0, 0.05) is 11.8 Å². The Kier molecular flexibility index (Phi) is 2.59. The molecule has 1 aromatic rings. The topological polar surface area (TPSA) is 71.8 Å². The number of nitrogens with one attached hydrogen (secondary N) is 1. The minimum absolute atomic E-state index is 0.0438. The largest absolute Gasteiger partial charge is 0.369 e. The highest BCUT2D eigenvalue weighted by Crippen LogP contribution is 2.48. The first-order valence-electron chi connectivity index (χ1n) is 7.46. The molecule has 3 N–H and O–H groups in total. The number of aromatic nitrogens is 2.